The summed E-state index contributed by atoms with van der Waals surface area (Å²) < 4.78 is 24.8. The maximum Gasteiger partial charge on any atom is 0.116 e. The van der Waals surface area contributed by atoms with Crippen LogP contribution in [0.15, 0.2) is 104 Å². The van der Waals surface area contributed by atoms with Crippen molar-refractivity contribution in [2.24, 2.45) is 0 Å². The highest BCUT2D eigenvalue weighted by molar-refractivity contribution is 5.16. The summed E-state index contributed by atoms with van der Waals surface area (Å²) in [5, 5.41) is 22.2. The molecule has 36 heavy (non-hydrogen) atoms. The van der Waals surface area contributed by atoms with Crippen LogP contribution in [0, 0.1) is 0 Å². The van der Waals surface area contributed by atoms with Crippen LogP contribution in [0.4, 0.5) is 0 Å². The van der Waals surface area contributed by atoms with E-state index >= 15 is 0 Å². The van der Waals surface area contributed by atoms with Crippen LogP contribution in [-0.4, -0.2) is 53.4 Å². The van der Waals surface area contributed by atoms with Crippen LogP contribution in [0.5, 0.6) is 0 Å². The van der Waals surface area contributed by atoms with E-state index in [2.05, 4.69) is 6.58 Å². The van der Waals surface area contributed by atoms with Gasteiger partial charge in [0.2, 0.25) is 0 Å². The first kappa shape index (κ1) is 26.2. The van der Waals surface area contributed by atoms with Gasteiger partial charge >= 0.3 is 0 Å². The predicted molar refractivity (Wildman–Crippen MR) is 137 cm³/mol. The fourth-order valence-corrected chi connectivity index (χ4v) is 4.40. The van der Waals surface area contributed by atoms with E-state index in [1.54, 1.807) is 6.08 Å². The van der Waals surface area contributed by atoms with E-state index < -0.39 is 36.6 Å². The van der Waals surface area contributed by atoms with Gasteiger partial charge in [-0.1, -0.05) is 97.1 Å². The number of hydrogen-bond donors (Lipinski definition) is 2. The molecule has 0 bridgehead atoms. The van der Waals surface area contributed by atoms with E-state index in [0.29, 0.717) is 13.2 Å². The van der Waals surface area contributed by atoms with Crippen molar-refractivity contribution in [2.75, 3.05) is 6.61 Å². The Morgan fingerprint density at radius 1 is 0.528 bits per heavy atom. The number of ether oxygens (including phenoxy) is 4. The van der Waals surface area contributed by atoms with Gasteiger partial charge in [-0.2, -0.15) is 0 Å². The molecular formula is C30H34O6. The monoisotopic (exact) mass is 490 g/mol. The Morgan fingerprint density at radius 2 is 0.861 bits per heavy atom. The molecule has 6 atom stereocenters. The van der Waals surface area contributed by atoms with E-state index in [4.69, 9.17) is 18.9 Å². The van der Waals surface area contributed by atoms with Gasteiger partial charge in [0, 0.05) is 0 Å². The summed E-state index contributed by atoms with van der Waals surface area (Å²) in [6.07, 6.45) is -3.94. The minimum absolute atomic E-state index is 0.195. The highest BCUT2D eigenvalue weighted by Crippen LogP contribution is 2.32. The summed E-state index contributed by atoms with van der Waals surface area (Å²) in [5.74, 6) is 0. The zero-order valence-corrected chi connectivity index (χ0v) is 20.3. The second-order valence-electron chi connectivity index (χ2n) is 8.85. The molecule has 2 N–H and O–H groups in total. The molecule has 1 aliphatic carbocycles. The zero-order valence-electron chi connectivity index (χ0n) is 20.3. The topological polar surface area (TPSA) is 77.4 Å². The Morgan fingerprint density at radius 3 is 1.22 bits per heavy atom. The van der Waals surface area contributed by atoms with Gasteiger partial charge in [-0.05, 0) is 16.7 Å². The molecule has 6 heteroatoms. The van der Waals surface area contributed by atoms with Crippen molar-refractivity contribution in [1.82, 2.24) is 0 Å². The predicted octanol–water partition coefficient (Wildman–Crippen LogP) is 4.05. The summed E-state index contributed by atoms with van der Waals surface area (Å²) in [6, 6.07) is 29.2. The van der Waals surface area contributed by atoms with E-state index in [0.717, 1.165) is 16.7 Å². The second kappa shape index (κ2) is 13.5. The molecular weight excluding hydrogens is 456 g/mol. The molecule has 4 rings (SSSR count). The third-order valence-corrected chi connectivity index (χ3v) is 6.26. The van der Waals surface area contributed by atoms with Crippen LogP contribution >= 0.6 is 0 Å². The van der Waals surface area contributed by atoms with Gasteiger partial charge in [-0.15, -0.1) is 6.58 Å². The Labute approximate surface area is 212 Å². The second-order valence-corrected chi connectivity index (χ2v) is 8.85. The number of aliphatic hydroxyl groups excluding tert-OH is 2. The Hall–Kier alpha value is -2.84. The highest BCUT2D eigenvalue weighted by Gasteiger charge is 2.52. The lowest BCUT2D eigenvalue weighted by Crippen LogP contribution is -2.66. The molecule has 0 amide bonds. The van der Waals surface area contributed by atoms with Crippen LogP contribution in [-0.2, 0) is 38.8 Å². The molecule has 0 heterocycles. The van der Waals surface area contributed by atoms with Crippen LogP contribution in [0.3, 0.4) is 0 Å². The largest absolute Gasteiger partial charge is 0.387 e. The van der Waals surface area contributed by atoms with Crippen molar-refractivity contribution in [3.05, 3.63) is 120 Å². The summed E-state index contributed by atoms with van der Waals surface area (Å²) in [7, 11) is 0. The maximum absolute atomic E-state index is 11.1. The average Bonchev–Trinajstić information content (AvgIpc) is 2.93. The van der Waals surface area contributed by atoms with Gasteiger partial charge < -0.3 is 29.2 Å². The molecule has 0 aromatic heterocycles. The summed E-state index contributed by atoms with van der Waals surface area (Å²) in [4.78, 5) is 0. The van der Waals surface area contributed by atoms with E-state index in [9.17, 15) is 10.2 Å². The van der Waals surface area contributed by atoms with Gasteiger partial charge in [-0.25, -0.2) is 0 Å². The van der Waals surface area contributed by atoms with Crippen LogP contribution in [0.1, 0.15) is 16.7 Å². The first-order valence-corrected chi connectivity index (χ1v) is 12.2. The van der Waals surface area contributed by atoms with Crippen molar-refractivity contribution in [2.45, 2.75) is 56.4 Å². The lowest BCUT2D eigenvalue weighted by molar-refractivity contribution is -0.270. The van der Waals surface area contributed by atoms with Crippen molar-refractivity contribution in [3.8, 4) is 0 Å². The molecule has 3 aromatic carbocycles. The third-order valence-electron chi connectivity index (χ3n) is 6.26. The van der Waals surface area contributed by atoms with Gasteiger partial charge in [-0.3, -0.25) is 0 Å². The highest BCUT2D eigenvalue weighted by atomic mass is 16.6. The molecule has 0 saturated heterocycles. The fraction of sp³-hybridized carbons (Fsp3) is 0.333. The van der Waals surface area contributed by atoms with Crippen molar-refractivity contribution in [1.29, 1.82) is 0 Å². The van der Waals surface area contributed by atoms with Gasteiger partial charge in [0.05, 0.1) is 26.4 Å². The van der Waals surface area contributed by atoms with Gasteiger partial charge in [0.1, 0.15) is 36.6 Å². The fourth-order valence-electron chi connectivity index (χ4n) is 4.40. The molecule has 0 aliphatic heterocycles. The lowest BCUT2D eigenvalue weighted by Gasteiger charge is -2.47. The Bertz CT molecular complexity index is 1030. The molecule has 0 spiro atoms. The maximum atomic E-state index is 11.1. The minimum atomic E-state index is -1.24. The smallest absolute Gasteiger partial charge is 0.116 e. The van der Waals surface area contributed by atoms with Gasteiger partial charge in [0.15, 0.2) is 0 Å². The molecule has 1 saturated carbocycles. The Kier molecular flexibility index (Phi) is 9.81. The average molecular weight is 491 g/mol. The SMILES string of the molecule is C=CCO[C@@H]1[C@H](O)[C@@H](O)[C@@H](OCc2ccccc2)[C@@H](OCc2ccccc2)[C@H]1OCc1ccccc1. The van der Waals surface area contributed by atoms with Gasteiger partial charge in [0.25, 0.3) is 0 Å². The van der Waals surface area contributed by atoms with E-state index in [1.807, 2.05) is 91.0 Å². The molecule has 1 aliphatic rings. The van der Waals surface area contributed by atoms with Crippen LogP contribution in [0.25, 0.3) is 0 Å². The first-order valence-electron chi connectivity index (χ1n) is 12.2. The van der Waals surface area contributed by atoms with E-state index in [1.165, 1.54) is 0 Å². The molecule has 6 nitrogen and oxygen atoms in total. The van der Waals surface area contributed by atoms with E-state index in [-0.39, 0.29) is 13.2 Å². The minimum Gasteiger partial charge on any atom is -0.387 e. The Balaban J connectivity index is 1.60. The quantitative estimate of drug-likeness (QED) is 0.373. The number of benzene rings is 3. The summed E-state index contributed by atoms with van der Waals surface area (Å²) in [5.41, 5.74) is 2.90. The number of rotatable bonds is 12. The summed E-state index contributed by atoms with van der Waals surface area (Å²) >= 11 is 0. The molecule has 190 valence electrons. The van der Waals surface area contributed by atoms with Crippen LogP contribution in [0.2, 0.25) is 0 Å². The standard InChI is InChI=1S/C30H34O6/c1-2-18-33-27-25(31)26(32)28(34-19-22-12-6-3-7-13-22)30(36-21-24-16-10-5-11-17-24)29(27)35-20-23-14-8-4-9-15-23/h2-17,25-32H,1,18-21H2/t25-,26-,27-,28-,29+,30-/m1/s1. The number of aliphatic hydroxyl groups is 2. The van der Waals surface area contributed by atoms with Crippen molar-refractivity contribution < 1.29 is 29.2 Å². The molecule has 0 unspecified atom stereocenters. The lowest BCUT2D eigenvalue weighted by atomic mass is 9.84. The summed E-state index contributed by atoms with van der Waals surface area (Å²) in [6.45, 7) is 4.75. The molecule has 0 radical (unpaired) electrons. The molecule has 3 aromatic rings. The van der Waals surface area contributed by atoms with Crippen LogP contribution < -0.4 is 0 Å². The van der Waals surface area contributed by atoms with Crippen molar-refractivity contribution in [3.63, 3.8) is 0 Å². The third kappa shape index (κ3) is 6.89. The zero-order chi connectivity index (χ0) is 25.2. The molecule has 1 fully saturated rings. The number of hydrogen-bond acceptors (Lipinski definition) is 6. The normalized spacial score (nSPS) is 25.9. The first-order chi connectivity index (χ1) is 17.7. The van der Waals surface area contributed by atoms with Crippen molar-refractivity contribution >= 4 is 0 Å².